The van der Waals surface area contributed by atoms with Gasteiger partial charge in [-0.1, -0.05) is 30.7 Å². The highest BCUT2D eigenvalue weighted by Gasteiger charge is 2.19. The number of benzene rings is 2. The molecule has 2 heterocycles. The molecular formula is C25H23ClN2O4S. The molecule has 33 heavy (non-hydrogen) atoms. The number of hydrogen-bond acceptors (Lipinski definition) is 5. The van der Waals surface area contributed by atoms with E-state index in [1.165, 1.54) is 12.1 Å². The number of imidazole rings is 1. The predicted octanol–water partition coefficient (Wildman–Crippen LogP) is 5.42. The minimum absolute atomic E-state index is 0.0160. The first-order chi connectivity index (χ1) is 15.9. The van der Waals surface area contributed by atoms with Gasteiger partial charge >= 0.3 is 0 Å². The quantitative estimate of drug-likeness (QED) is 0.297. The predicted molar refractivity (Wildman–Crippen MR) is 127 cm³/mol. The van der Waals surface area contributed by atoms with Gasteiger partial charge in [0, 0.05) is 30.6 Å². The van der Waals surface area contributed by atoms with E-state index in [1.807, 2.05) is 17.4 Å². The SMILES string of the molecule is CCCOc1ccc(S(=O)(=O)c2ccc(CCC(=O)c3ccc4nccn4c3)cc2)cc1Cl. The van der Waals surface area contributed by atoms with Gasteiger partial charge in [-0.15, -0.1) is 0 Å². The van der Waals surface area contributed by atoms with Crippen LogP contribution in [0.25, 0.3) is 5.65 Å². The molecule has 0 amide bonds. The number of carbonyl (C=O) groups is 1. The molecule has 0 aliphatic heterocycles. The lowest BCUT2D eigenvalue weighted by atomic mass is 10.0. The number of carbonyl (C=O) groups excluding carboxylic acids is 1. The molecule has 0 fully saturated rings. The number of sulfone groups is 1. The number of Topliss-reactive ketones (excluding diaryl/α,β-unsaturated/α-hetero) is 1. The standard InChI is InChI=1S/C25H23ClN2O4S/c1-2-15-32-24-11-9-21(16-22(24)26)33(30,31)20-7-3-18(4-8-20)5-10-23(29)19-6-12-25-27-13-14-28(25)17-19/h3-4,6-9,11-14,16-17H,2,5,10,15H2,1H3. The van der Waals surface area contributed by atoms with Crippen LogP contribution in [0.5, 0.6) is 5.75 Å². The molecule has 0 aliphatic rings. The second-order valence-electron chi connectivity index (χ2n) is 7.62. The van der Waals surface area contributed by atoms with Crippen LogP contribution in [-0.4, -0.2) is 30.2 Å². The number of ketones is 1. The van der Waals surface area contributed by atoms with Crippen molar-refractivity contribution in [1.82, 2.24) is 9.38 Å². The van der Waals surface area contributed by atoms with Crippen molar-refractivity contribution in [3.63, 3.8) is 0 Å². The van der Waals surface area contributed by atoms with Crippen molar-refractivity contribution < 1.29 is 17.9 Å². The zero-order valence-corrected chi connectivity index (χ0v) is 19.6. The lowest BCUT2D eigenvalue weighted by Gasteiger charge is -2.10. The Morgan fingerprint density at radius 2 is 1.82 bits per heavy atom. The molecule has 0 saturated heterocycles. The molecule has 0 unspecified atom stereocenters. The van der Waals surface area contributed by atoms with Crippen molar-refractivity contribution in [3.8, 4) is 5.75 Å². The molecule has 0 bridgehead atoms. The molecule has 0 atom stereocenters. The highest BCUT2D eigenvalue weighted by Crippen LogP contribution is 2.30. The summed E-state index contributed by atoms with van der Waals surface area (Å²) in [6.07, 6.45) is 6.90. The average molecular weight is 483 g/mol. The maximum absolute atomic E-state index is 13.0. The van der Waals surface area contributed by atoms with Crippen molar-refractivity contribution in [2.24, 2.45) is 0 Å². The van der Waals surface area contributed by atoms with E-state index in [-0.39, 0.29) is 20.6 Å². The summed E-state index contributed by atoms with van der Waals surface area (Å²) >= 11 is 6.20. The van der Waals surface area contributed by atoms with Crippen LogP contribution >= 0.6 is 11.6 Å². The molecule has 0 aliphatic carbocycles. The Morgan fingerprint density at radius 1 is 1.06 bits per heavy atom. The van der Waals surface area contributed by atoms with Gasteiger partial charge < -0.3 is 9.14 Å². The largest absolute Gasteiger partial charge is 0.492 e. The maximum Gasteiger partial charge on any atom is 0.206 e. The highest BCUT2D eigenvalue weighted by atomic mass is 35.5. The van der Waals surface area contributed by atoms with Crippen LogP contribution in [0.3, 0.4) is 0 Å². The summed E-state index contributed by atoms with van der Waals surface area (Å²) in [5.74, 6) is 0.479. The van der Waals surface area contributed by atoms with Gasteiger partial charge in [-0.25, -0.2) is 13.4 Å². The fourth-order valence-corrected chi connectivity index (χ4v) is 5.02. The Hall–Kier alpha value is -3.16. The second kappa shape index (κ2) is 9.77. The number of fused-ring (bicyclic) bond motifs is 1. The summed E-state index contributed by atoms with van der Waals surface area (Å²) in [5.41, 5.74) is 2.28. The maximum atomic E-state index is 13.0. The van der Waals surface area contributed by atoms with Crippen LogP contribution in [0.4, 0.5) is 0 Å². The van der Waals surface area contributed by atoms with Crippen molar-refractivity contribution in [1.29, 1.82) is 0 Å². The smallest absolute Gasteiger partial charge is 0.206 e. The fourth-order valence-electron chi connectivity index (χ4n) is 3.44. The normalized spacial score (nSPS) is 11.6. The summed E-state index contributed by atoms with van der Waals surface area (Å²) in [5, 5.41) is 0.258. The molecule has 0 spiro atoms. The van der Waals surface area contributed by atoms with Crippen molar-refractivity contribution >= 4 is 32.9 Å². The van der Waals surface area contributed by atoms with E-state index in [0.29, 0.717) is 30.8 Å². The Morgan fingerprint density at radius 3 is 2.55 bits per heavy atom. The molecule has 0 saturated carbocycles. The summed E-state index contributed by atoms with van der Waals surface area (Å²) < 4.78 is 33.3. The minimum Gasteiger partial charge on any atom is -0.492 e. The molecule has 4 rings (SSSR count). The van der Waals surface area contributed by atoms with Crippen molar-refractivity contribution in [2.75, 3.05) is 6.61 Å². The number of aromatic nitrogens is 2. The van der Waals surface area contributed by atoms with E-state index < -0.39 is 9.84 Å². The first-order valence-electron chi connectivity index (χ1n) is 10.6. The van der Waals surface area contributed by atoms with Gasteiger partial charge in [0.1, 0.15) is 11.4 Å². The third-order valence-corrected chi connectivity index (χ3v) is 7.32. The van der Waals surface area contributed by atoms with Crippen LogP contribution in [0.1, 0.15) is 35.7 Å². The third kappa shape index (κ3) is 5.10. The number of nitrogens with zero attached hydrogens (tertiary/aromatic N) is 2. The topological polar surface area (TPSA) is 77.7 Å². The zero-order valence-electron chi connectivity index (χ0n) is 18.1. The molecule has 0 radical (unpaired) electrons. The highest BCUT2D eigenvalue weighted by molar-refractivity contribution is 7.91. The second-order valence-corrected chi connectivity index (χ2v) is 9.98. The lowest BCUT2D eigenvalue weighted by Crippen LogP contribution is -2.04. The van der Waals surface area contributed by atoms with E-state index in [2.05, 4.69) is 4.98 Å². The van der Waals surface area contributed by atoms with Gasteiger partial charge in [0.05, 0.1) is 21.4 Å². The van der Waals surface area contributed by atoms with Crippen molar-refractivity contribution in [3.05, 3.63) is 89.3 Å². The van der Waals surface area contributed by atoms with Crippen LogP contribution in [0, 0.1) is 0 Å². The molecule has 0 N–H and O–H groups in total. The Labute approximate surface area is 197 Å². The first-order valence-corrected chi connectivity index (χ1v) is 12.5. The first kappa shape index (κ1) is 23.0. The number of ether oxygens (including phenoxy) is 1. The molecule has 8 heteroatoms. The van der Waals surface area contributed by atoms with Crippen molar-refractivity contribution in [2.45, 2.75) is 36.0 Å². The van der Waals surface area contributed by atoms with E-state index in [0.717, 1.165) is 17.6 Å². The number of aryl methyl sites for hydroxylation is 1. The summed E-state index contributed by atoms with van der Waals surface area (Å²) in [6.45, 7) is 2.49. The molecule has 6 nitrogen and oxygen atoms in total. The van der Waals surface area contributed by atoms with Crippen LogP contribution in [0.15, 0.2) is 83.0 Å². The summed E-state index contributed by atoms with van der Waals surface area (Å²) in [6, 6.07) is 14.6. The molecule has 4 aromatic rings. The van der Waals surface area contributed by atoms with E-state index >= 15 is 0 Å². The van der Waals surface area contributed by atoms with Crippen LogP contribution in [0.2, 0.25) is 5.02 Å². The monoisotopic (exact) mass is 482 g/mol. The zero-order chi connectivity index (χ0) is 23.4. The average Bonchev–Trinajstić information content (AvgIpc) is 3.30. The minimum atomic E-state index is -3.72. The van der Waals surface area contributed by atoms with Gasteiger partial charge in [-0.05, 0) is 60.9 Å². The summed E-state index contributed by atoms with van der Waals surface area (Å²) in [7, 11) is -3.72. The molecular weight excluding hydrogens is 460 g/mol. The van der Waals surface area contributed by atoms with Gasteiger partial charge in [-0.3, -0.25) is 4.79 Å². The van der Waals surface area contributed by atoms with Gasteiger partial charge in [0.15, 0.2) is 5.78 Å². The Kier molecular flexibility index (Phi) is 6.81. The van der Waals surface area contributed by atoms with Gasteiger partial charge in [-0.2, -0.15) is 0 Å². The van der Waals surface area contributed by atoms with E-state index in [9.17, 15) is 13.2 Å². The van der Waals surface area contributed by atoms with Gasteiger partial charge in [0.25, 0.3) is 0 Å². The Balaban J connectivity index is 1.43. The Bertz CT molecular complexity index is 1400. The van der Waals surface area contributed by atoms with Crippen LogP contribution in [-0.2, 0) is 16.3 Å². The van der Waals surface area contributed by atoms with Gasteiger partial charge in [0.2, 0.25) is 9.84 Å². The number of rotatable bonds is 9. The lowest BCUT2D eigenvalue weighted by molar-refractivity contribution is 0.0982. The van der Waals surface area contributed by atoms with E-state index in [1.54, 1.807) is 55.0 Å². The number of halogens is 1. The molecule has 170 valence electrons. The number of hydrogen-bond donors (Lipinski definition) is 0. The third-order valence-electron chi connectivity index (χ3n) is 5.26. The molecule has 2 aromatic heterocycles. The number of pyridine rings is 1. The summed E-state index contributed by atoms with van der Waals surface area (Å²) in [4.78, 5) is 17.0. The molecule has 2 aromatic carbocycles. The van der Waals surface area contributed by atoms with E-state index in [4.69, 9.17) is 16.3 Å². The van der Waals surface area contributed by atoms with Crippen LogP contribution < -0.4 is 4.74 Å². The fraction of sp³-hybridized carbons (Fsp3) is 0.200.